The topological polar surface area (TPSA) is 35.5 Å². The lowest BCUT2D eigenvalue weighted by molar-refractivity contribution is -0.139. The summed E-state index contributed by atoms with van der Waals surface area (Å²) in [6.45, 7) is 6.44. The van der Waals surface area contributed by atoms with E-state index in [0.29, 0.717) is 12.2 Å². The van der Waals surface area contributed by atoms with Gasteiger partial charge in [0, 0.05) is 15.8 Å². The number of para-hydroxylation sites is 1. The number of ether oxygens (including phenoxy) is 2. The van der Waals surface area contributed by atoms with Crippen molar-refractivity contribution in [1.82, 2.24) is 0 Å². The summed E-state index contributed by atoms with van der Waals surface area (Å²) < 4.78 is 10.8. The third-order valence-corrected chi connectivity index (χ3v) is 3.80. The molecule has 0 saturated carbocycles. The largest absolute Gasteiger partial charge is 0.494 e. The van der Waals surface area contributed by atoms with Gasteiger partial charge in [-0.3, -0.25) is 0 Å². The van der Waals surface area contributed by atoms with Gasteiger partial charge in [0.1, 0.15) is 5.75 Å². The fourth-order valence-corrected chi connectivity index (χ4v) is 2.25. The molecule has 0 aliphatic heterocycles. The molecule has 1 aromatic rings. The smallest absolute Gasteiger partial charge is 0.333 e. The summed E-state index contributed by atoms with van der Waals surface area (Å²) in [6.07, 6.45) is 4.07. The van der Waals surface area contributed by atoms with E-state index in [-0.39, 0.29) is 5.97 Å². The molecule has 0 amide bonds. The number of benzene rings is 1. The quantitative estimate of drug-likeness (QED) is 0.301. The molecule has 0 saturated heterocycles. The van der Waals surface area contributed by atoms with Crippen molar-refractivity contribution < 1.29 is 14.3 Å². The SMILES string of the molecule is C=C(C)C(=O)OCCCCCCOc1ccccc1[SiH3]. The Morgan fingerprint density at radius 2 is 1.80 bits per heavy atom. The maximum atomic E-state index is 11.1. The van der Waals surface area contributed by atoms with E-state index in [9.17, 15) is 4.79 Å². The van der Waals surface area contributed by atoms with Crippen molar-refractivity contribution in [2.45, 2.75) is 32.6 Å². The van der Waals surface area contributed by atoms with Crippen molar-refractivity contribution in [3.63, 3.8) is 0 Å². The summed E-state index contributed by atoms with van der Waals surface area (Å²) >= 11 is 0. The summed E-state index contributed by atoms with van der Waals surface area (Å²) in [7, 11) is 1.01. The minimum Gasteiger partial charge on any atom is -0.494 e. The maximum Gasteiger partial charge on any atom is 0.333 e. The first-order chi connectivity index (χ1) is 9.61. The molecule has 0 atom stereocenters. The predicted molar refractivity (Wildman–Crippen MR) is 85.8 cm³/mol. The van der Waals surface area contributed by atoms with E-state index in [1.165, 1.54) is 5.19 Å². The van der Waals surface area contributed by atoms with Crippen molar-refractivity contribution in [2.24, 2.45) is 0 Å². The van der Waals surface area contributed by atoms with Crippen LogP contribution in [0.4, 0.5) is 0 Å². The molecule has 0 heterocycles. The highest BCUT2D eigenvalue weighted by atomic mass is 28.1. The van der Waals surface area contributed by atoms with Crippen LogP contribution in [0.25, 0.3) is 0 Å². The molecule has 0 unspecified atom stereocenters. The number of carbonyl (C=O) groups excluding carboxylic acids is 1. The number of unbranched alkanes of at least 4 members (excludes halogenated alkanes) is 3. The number of rotatable bonds is 9. The van der Waals surface area contributed by atoms with Crippen molar-refractivity contribution in [3.05, 3.63) is 36.4 Å². The number of carbonyl (C=O) groups is 1. The average molecular weight is 292 g/mol. The first-order valence-electron chi connectivity index (χ1n) is 7.12. The lowest BCUT2D eigenvalue weighted by Crippen LogP contribution is -2.09. The summed E-state index contributed by atoms with van der Waals surface area (Å²) in [4.78, 5) is 11.1. The molecule has 0 spiro atoms. The zero-order chi connectivity index (χ0) is 14.8. The van der Waals surface area contributed by atoms with E-state index in [4.69, 9.17) is 9.47 Å². The van der Waals surface area contributed by atoms with Gasteiger partial charge in [0.15, 0.2) is 0 Å². The molecule has 20 heavy (non-hydrogen) atoms. The van der Waals surface area contributed by atoms with Gasteiger partial charge in [-0.1, -0.05) is 24.8 Å². The van der Waals surface area contributed by atoms with Crippen LogP contribution < -0.4 is 9.92 Å². The van der Waals surface area contributed by atoms with Crippen LogP contribution in [0.2, 0.25) is 0 Å². The van der Waals surface area contributed by atoms with Crippen molar-refractivity contribution in [3.8, 4) is 5.75 Å². The second-order valence-electron chi connectivity index (χ2n) is 4.94. The van der Waals surface area contributed by atoms with Crippen LogP contribution in [-0.4, -0.2) is 29.4 Å². The zero-order valence-electron chi connectivity index (χ0n) is 12.5. The monoisotopic (exact) mass is 292 g/mol. The van der Waals surface area contributed by atoms with E-state index < -0.39 is 0 Å². The van der Waals surface area contributed by atoms with Crippen LogP contribution in [0.1, 0.15) is 32.6 Å². The molecular weight excluding hydrogens is 268 g/mol. The molecule has 3 nitrogen and oxygen atoms in total. The van der Waals surface area contributed by atoms with Gasteiger partial charge >= 0.3 is 5.97 Å². The van der Waals surface area contributed by atoms with Crippen LogP contribution in [-0.2, 0) is 9.53 Å². The molecule has 0 aliphatic rings. The maximum absolute atomic E-state index is 11.1. The molecule has 0 bridgehead atoms. The Bertz CT molecular complexity index is 443. The van der Waals surface area contributed by atoms with Crippen LogP contribution in [0.15, 0.2) is 36.4 Å². The third kappa shape index (κ3) is 6.57. The van der Waals surface area contributed by atoms with Gasteiger partial charge in [0.05, 0.1) is 13.2 Å². The predicted octanol–water partition coefficient (Wildman–Crippen LogP) is 1.74. The molecule has 1 rings (SSSR count). The highest BCUT2D eigenvalue weighted by molar-refractivity contribution is 6.34. The fraction of sp³-hybridized carbons (Fsp3) is 0.438. The first-order valence-corrected chi connectivity index (χ1v) is 8.12. The minimum atomic E-state index is -0.294. The Balaban J connectivity index is 1.99. The molecule has 0 fully saturated rings. The van der Waals surface area contributed by atoms with E-state index >= 15 is 0 Å². The molecule has 110 valence electrons. The van der Waals surface area contributed by atoms with Crippen molar-refractivity contribution in [2.75, 3.05) is 13.2 Å². The lowest BCUT2D eigenvalue weighted by Gasteiger charge is -2.08. The standard InChI is InChI=1S/C16H24O3Si/c1-13(2)16(17)19-12-8-4-3-7-11-18-14-9-5-6-10-15(14)20/h5-6,9-10H,1,3-4,7-8,11-12H2,2,20H3. The Labute approximate surface area is 124 Å². The number of hydrogen-bond acceptors (Lipinski definition) is 3. The van der Waals surface area contributed by atoms with Gasteiger partial charge in [0.2, 0.25) is 0 Å². The zero-order valence-corrected chi connectivity index (χ0v) is 14.5. The van der Waals surface area contributed by atoms with Gasteiger partial charge in [-0.2, -0.15) is 0 Å². The Morgan fingerprint density at radius 3 is 2.45 bits per heavy atom. The van der Waals surface area contributed by atoms with Crippen LogP contribution in [0.3, 0.4) is 0 Å². The second kappa shape index (κ2) is 9.37. The summed E-state index contributed by atoms with van der Waals surface area (Å²) in [5.74, 6) is 0.728. The van der Waals surface area contributed by atoms with E-state index in [2.05, 4.69) is 12.6 Å². The van der Waals surface area contributed by atoms with Gasteiger partial charge in [-0.15, -0.1) is 0 Å². The van der Waals surface area contributed by atoms with E-state index in [1.807, 2.05) is 18.2 Å². The van der Waals surface area contributed by atoms with E-state index in [1.54, 1.807) is 6.92 Å². The molecule has 0 aliphatic carbocycles. The van der Waals surface area contributed by atoms with Gasteiger partial charge in [0.25, 0.3) is 0 Å². The lowest BCUT2D eigenvalue weighted by atomic mass is 10.2. The normalized spacial score (nSPS) is 10.2. The molecule has 0 N–H and O–H groups in total. The van der Waals surface area contributed by atoms with Gasteiger partial charge < -0.3 is 9.47 Å². The summed E-state index contributed by atoms with van der Waals surface area (Å²) in [5.41, 5.74) is 0.459. The van der Waals surface area contributed by atoms with Gasteiger partial charge in [-0.05, 0) is 43.9 Å². The Kier molecular flexibility index (Phi) is 7.73. The van der Waals surface area contributed by atoms with Crippen LogP contribution in [0, 0.1) is 0 Å². The second-order valence-corrected chi connectivity index (χ2v) is 6.02. The highest BCUT2D eigenvalue weighted by Gasteiger charge is 2.02. The molecule has 0 aromatic heterocycles. The Hall–Kier alpha value is -1.55. The molecule has 1 aromatic carbocycles. The molecule has 0 radical (unpaired) electrons. The third-order valence-electron chi connectivity index (χ3n) is 2.97. The number of esters is 1. The molecular formula is C16H24O3Si. The molecule has 4 heteroatoms. The summed E-state index contributed by atoms with van der Waals surface area (Å²) in [6, 6.07) is 8.19. The minimum absolute atomic E-state index is 0.294. The van der Waals surface area contributed by atoms with Crippen molar-refractivity contribution in [1.29, 1.82) is 0 Å². The van der Waals surface area contributed by atoms with E-state index in [0.717, 1.165) is 48.3 Å². The van der Waals surface area contributed by atoms with Crippen LogP contribution >= 0.6 is 0 Å². The van der Waals surface area contributed by atoms with Crippen LogP contribution in [0.5, 0.6) is 5.75 Å². The summed E-state index contributed by atoms with van der Waals surface area (Å²) in [5, 5.41) is 1.30. The first kappa shape index (κ1) is 16.5. The highest BCUT2D eigenvalue weighted by Crippen LogP contribution is 2.07. The fourth-order valence-electron chi connectivity index (χ4n) is 1.75. The number of hydrogen-bond donors (Lipinski definition) is 0. The van der Waals surface area contributed by atoms with Crippen molar-refractivity contribution >= 4 is 21.4 Å². The van der Waals surface area contributed by atoms with Gasteiger partial charge in [-0.25, -0.2) is 4.79 Å². The average Bonchev–Trinajstić information content (AvgIpc) is 2.43. The Morgan fingerprint density at radius 1 is 1.15 bits per heavy atom.